The summed E-state index contributed by atoms with van der Waals surface area (Å²) in [6.45, 7) is 2.01. The van der Waals surface area contributed by atoms with Crippen LogP contribution in [-0.4, -0.2) is 30.2 Å². The SMILES string of the molecule is Cc1ccccc1CS(=O)(=O)c1ncc(Cl)c(C(=O)Nc2sc3c(c2C(=O)NCc2ccco2)CCCC3)n1. The molecule has 1 aliphatic carbocycles. The summed E-state index contributed by atoms with van der Waals surface area (Å²) >= 11 is 7.57. The highest BCUT2D eigenvalue weighted by Crippen LogP contribution is 2.38. The molecule has 0 atom stereocenters. The molecule has 0 bridgehead atoms. The Hall–Kier alpha value is -3.54. The first-order valence-corrected chi connectivity index (χ1v) is 15.1. The smallest absolute Gasteiger partial charge is 0.276 e. The third kappa shape index (κ3) is 5.90. The molecule has 0 saturated heterocycles. The molecule has 0 radical (unpaired) electrons. The van der Waals surface area contributed by atoms with Gasteiger partial charge in [0.05, 0.1) is 35.3 Å². The monoisotopic (exact) mass is 584 g/mol. The van der Waals surface area contributed by atoms with Crippen molar-refractivity contribution in [2.75, 3.05) is 5.32 Å². The molecule has 3 aromatic heterocycles. The number of benzene rings is 1. The molecular formula is C27H25ClN4O5S2. The van der Waals surface area contributed by atoms with Crippen LogP contribution in [0.1, 0.15) is 61.0 Å². The van der Waals surface area contributed by atoms with Crippen molar-refractivity contribution in [3.8, 4) is 0 Å². The molecule has 1 aliphatic rings. The van der Waals surface area contributed by atoms with E-state index in [0.29, 0.717) is 21.9 Å². The van der Waals surface area contributed by atoms with E-state index < -0.39 is 20.9 Å². The highest BCUT2D eigenvalue weighted by atomic mass is 35.5. The molecule has 2 N–H and O–H groups in total. The number of thiophene rings is 1. The van der Waals surface area contributed by atoms with Crippen molar-refractivity contribution < 1.29 is 22.4 Å². The molecule has 0 saturated carbocycles. The molecule has 3 heterocycles. The molecule has 0 unspecified atom stereocenters. The number of halogens is 1. The zero-order chi connectivity index (χ0) is 27.6. The second-order valence-corrected chi connectivity index (χ2v) is 12.6. The number of carbonyl (C=O) groups excluding carboxylic acids is 2. The first-order chi connectivity index (χ1) is 18.7. The minimum atomic E-state index is -3.97. The lowest BCUT2D eigenvalue weighted by Gasteiger charge is -2.13. The largest absolute Gasteiger partial charge is 0.467 e. The Morgan fingerprint density at radius 2 is 1.90 bits per heavy atom. The van der Waals surface area contributed by atoms with Crippen molar-refractivity contribution in [1.29, 1.82) is 0 Å². The molecule has 1 aromatic carbocycles. The number of nitrogens with one attached hydrogen (secondary N) is 2. The second kappa shape index (κ2) is 11.3. The van der Waals surface area contributed by atoms with Crippen LogP contribution in [0.3, 0.4) is 0 Å². The minimum absolute atomic E-state index is 0.104. The summed E-state index contributed by atoms with van der Waals surface area (Å²) in [4.78, 5) is 35.5. The van der Waals surface area contributed by atoms with Crippen molar-refractivity contribution >= 4 is 49.6 Å². The first kappa shape index (κ1) is 27.0. The van der Waals surface area contributed by atoms with Crippen LogP contribution < -0.4 is 10.6 Å². The normalized spacial score (nSPS) is 13.1. The van der Waals surface area contributed by atoms with Crippen molar-refractivity contribution in [3.05, 3.63) is 92.5 Å². The lowest BCUT2D eigenvalue weighted by Crippen LogP contribution is -2.25. The van der Waals surface area contributed by atoms with Crippen molar-refractivity contribution in [1.82, 2.24) is 15.3 Å². The maximum atomic E-state index is 13.3. The lowest BCUT2D eigenvalue weighted by atomic mass is 9.95. The van der Waals surface area contributed by atoms with Gasteiger partial charge in [0.25, 0.3) is 11.8 Å². The van der Waals surface area contributed by atoms with Gasteiger partial charge >= 0.3 is 0 Å². The van der Waals surface area contributed by atoms with Gasteiger partial charge in [0.2, 0.25) is 15.0 Å². The number of anilines is 1. The van der Waals surface area contributed by atoms with Crippen molar-refractivity contribution in [2.24, 2.45) is 0 Å². The summed E-state index contributed by atoms with van der Waals surface area (Å²) in [5.74, 6) is -0.782. The first-order valence-electron chi connectivity index (χ1n) is 12.3. The van der Waals surface area contributed by atoms with Crippen LogP contribution in [0.4, 0.5) is 5.00 Å². The third-order valence-electron chi connectivity index (χ3n) is 6.45. The Morgan fingerprint density at radius 1 is 1.10 bits per heavy atom. The summed E-state index contributed by atoms with van der Waals surface area (Å²) in [6.07, 6.45) is 6.10. The topological polar surface area (TPSA) is 131 Å². The number of nitrogens with zero attached hydrogens (tertiary/aromatic N) is 2. The number of sulfone groups is 1. The number of rotatable bonds is 8. The predicted octanol–water partition coefficient (Wildman–Crippen LogP) is 5.13. The molecule has 2 amide bonds. The molecule has 0 spiro atoms. The van der Waals surface area contributed by atoms with E-state index in [2.05, 4.69) is 20.6 Å². The molecule has 5 rings (SSSR count). The number of hydrogen-bond acceptors (Lipinski definition) is 8. The van der Waals surface area contributed by atoms with Crippen LogP contribution in [0.25, 0.3) is 0 Å². The van der Waals surface area contributed by atoms with Crippen LogP contribution >= 0.6 is 22.9 Å². The van der Waals surface area contributed by atoms with Crippen LogP contribution in [0, 0.1) is 6.92 Å². The average Bonchev–Trinajstić information content (AvgIpc) is 3.56. The van der Waals surface area contributed by atoms with E-state index in [-0.39, 0.29) is 28.9 Å². The second-order valence-electron chi connectivity index (χ2n) is 9.17. The Morgan fingerprint density at radius 3 is 2.67 bits per heavy atom. The van der Waals surface area contributed by atoms with Gasteiger partial charge in [-0.2, -0.15) is 0 Å². The molecule has 0 aliphatic heterocycles. The van der Waals surface area contributed by atoms with E-state index >= 15 is 0 Å². The molecule has 202 valence electrons. The molecule has 12 heteroatoms. The van der Waals surface area contributed by atoms with Gasteiger partial charge in [-0.1, -0.05) is 35.9 Å². The Balaban J connectivity index is 1.42. The van der Waals surface area contributed by atoms with Crippen molar-refractivity contribution in [3.63, 3.8) is 0 Å². The standard InChI is InChI=1S/C27H25ClN4O5S2/c1-16-7-2-3-8-17(16)15-39(35,36)27-30-14-20(28)23(31-27)25(34)32-26-22(19-10-4-5-11-21(19)38-26)24(33)29-13-18-9-6-12-37-18/h2-3,6-9,12,14H,4-5,10-11,13,15H2,1H3,(H,29,33)(H,32,34). The van der Waals surface area contributed by atoms with Gasteiger partial charge in [-0.05, 0) is 61.4 Å². The van der Waals surface area contributed by atoms with Gasteiger partial charge in [-0.25, -0.2) is 18.4 Å². The molecule has 39 heavy (non-hydrogen) atoms. The fourth-order valence-electron chi connectivity index (χ4n) is 4.43. The maximum Gasteiger partial charge on any atom is 0.276 e. The average molecular weight is 585 g/mol. The van der Waals surface area contributed by atoms with Crippen LogP contribution in [0.2, 0.25) is 5.02 Å². The van der Waals surface area contributed by atoms with Gasteiger partial charge < -0.3 is 15.1 Å². The predicted molar refractivity (Wildman–Crippen MR) is 148 cm³/mol. The van der Waals surface area contributed by atoms with Crippen molar-refractivity contribution in [2.45, 2.75) is 50.1 Å². The minimum Gasteiger partial charge on any atom is -0.467 e. The Kier molecular flexibility index (Phi) is 7.83. The quantitative estimate of drug-likeness (QED) is 0.274. The van der Waals surface area contributed by atoms with E-state index in [9.17, 15) is 18.0 Å². The summed E-state index contributed by atoms with van der Waals surface area (Å²) in [6, 6.07) is 10.6. The molecular weight excluding hydrogens is 560 g/mol. The number of furan rings is 1. The van der Waals surface area contributed by atoms with Gasteiger partial charge in [0.15, 0.2) is 5.69 Å². The van der Waals surface area contributed by atoms with E-state index in [4.69, 9.17) is 16.0 Å². The van der Waals surface area contributed by atoms with Gasteiger partial charge in [-0.3, -0.25) is 9.59 Å². The van der Waals surface area contributed by atoms with E-state index in [1.807, 2.05) is 19.1 Å². The molecule has 4 aromatic rings. The number of fused-ring (bicyclic) bond motifs is 1. The summed E-state index contributed by atoms with van der Waals surface area (Å²) < 4.78 is 31.5. The Labute approximate surface area is 234 Å². The van der Waals surface area contributed by atoms with Gasteiger partial charge in [0, 0.05) is 4.88 Å². The van der Waals surface area contributed by atoms with E-state index in [1.165, 1.54) is 17.6 Å². The zero-order valence-corrected chi connectivity index (χ0v) is 23.4. The Bertz CT molecular complexity index is 1650. The van der Waals surface area contributed by atoms with Crippen LogP contribution in [0.5, 0.6) is 0 Å². The number of hydrogen-bond donors (Lipinski definition) is 2. The number of aryl methyl sites for hydroxylation is 2. The summed E-state index contributed by atoms with van der Waals surface area (Å²) in [5.41, 5.74) is 2.44. The third-order valence-corrected chi connectivity index (χ3v) is 9.38. The summed E-state index contributed by atoms with van der Waals surface area (Å²) in [7, 11) is -3.97. The van der Waals surface area contributed by atoms with Crippen LogP contribution in [-0.2, 0) is 35.0 Å². The lowest BCUT2D eigenvalue weighted by molar-refractivity contribution is 0.0948. The maximum absolute atomic E-state index is 13.3. The number of aromatic nitrogens is 2. The molecule has 0 fully saturated rings. The van der Waals surface area contributed by atoms with Gasteiger partial charge in [0.1, 0.15) is 10.8 Å². The zero-order valence-electron chi connectivity index (χ0n) is 21.0. The fourth-order valence-corrected chi connectivity index (χ4v) is 7.19. The van der Waals surface area contributed by atoms with E-state index in [0.717, 1.165) is 47.9 Å². The molecule has 9 nitrogen and oxygen atoms in total. The fraction of sp³-hybridized carbons (Fsp3) is 0.259. The highest BCUT2D eigenvalue weighted by molar-refractivity contribution is 7.90. The van der Waals surface area contributed by atoms with Gasteiger partial charge in [-0.15, -0.1) is 11.3 Å². The summed E-state index contributed by atoms with van der Waals surface area (Å²) in [5, 5.41) is 5.37. The number of carbonyl (C=O) groups is 2. The van der Waals surface area contributed by atoms with Crippen LogP contribution in [0.15, 0.2) is 58.4 Å². The highest BCUT2D eigenvalue weighted by Gasteiger charge is 2.28. The van der Waals surface area contributed by atoms with E-state index in [1.54, 1.807) is 24.3 Å². The number of amides is 2.